The van der Waals surface area contributed by atoms with Gasteiger partial charge in [-0.2, -0.15) is 3.96 Å². The van der Waals surface area contributed by atoms with Crippen molar-refractivity contribution in [2.45, 2.75) is 26.7 Å². The van der Waals surface area contributed by atoms with Gasteiger partial charge in [-0.1, -0.05) is 19.1 Å². The van der Waals surface area contributed by atoms with Gasteiger partial charge in [0.1, 0.15) is 10.6 Å². The van der Waals surface area contributed by atoms with Crippen molar-refractivity contribution in [1.82, 2.24) is 8.94 Å². The molecule has 0 bridgehead atoms. The lowest BCUT2D eigenvalue weighted by Crippen LogP contribution is -2.19. The Labute approximate surface area is 154 Å². The van der Waals surface area contributed by atoms with E-state index in [1.807, 2.05) is 51.1 Å². The average molecular weight is 369 g/mol. The first kappa shape index (κ1) is 18.0. The number of benzene rings is 1. The van der Waals surface area contributed by atoms with E-state index in [9.17, 15) is 9.59 Å². The summed E-state index contributed by atoms with van der Waals surface area (Å²) in [6.07, 6.45) is 1.54. The molecule has 26 heavy (non-hydrogen) atoms. The summed E-state index contributed by atoms with van der Waals surface area (Å²) in [4.78, 5) is 33.8. The molecule has 2 aromatic heterocycles. The highest BCUT2D eigenvalue weighted by atomic mass is 32.1. The van der Waals surface area contributed by atoms with Gasteiger partial charge in [-0.3, -0.25) is 4.79 Å². The molecule has 6 nitrogen and oxygen atoms in total. The molecule has 3 rings (SSSR count). The summed E-state index contributed by atoms with van der Waals surface area (Å²) in [7, 11) is 1.60. The van der Waals surface area contributed by atoms with Crippen LogP contribution in [0.15, 0.2) is 40.1 Å². The molecule has 0 saturated carbocycles. The van der Waals surface area contributed by atoms with Gasteiger partial charge in [0.2, 0.25) is 0 Å². The van der Waals surface area contributed by atoms with Crippen LogP contribution in [0.25, 0.3) is 10.2 Å². The van der Waals surface area contributed by atoms with E-state index < -0.39 is 6.03 Å². The highest BCUT2D eigenvalue weighted by Crippen LogP contribution is 2.21. The summed E-state index contributed by atoms with van der Waals surface area (Å²) in [6.45, 7) is 5.62. The van der Waals surface area contributed by atoms with Crippen LogP contribution < -0.4 is 10.3 Å². The maximum Gasteiger partial charge on any atom is 0.364 e. The number of aliphatic imine (C=N–C) groups is 1. The second kappa shape index (κ2) is 7.21. The maximum absolute atomic E-state index is 12.5. The zero-order valence-electron chi connectivity index (χ0n) is 15.0. The van der Waals surface area contributed by atoms with Crippen molar-refractivity contribution in [2.24, 2.45) is 4.99 Å². The molecule has 3 aromatic rings. The summed E-state index contributed by atoms with van der Waals surface area (Å²) < 4.78 is 6.26. The molecular weight excluding hydrogens is 350 g/mol. The second-order valence-corrected chi connectivity index (χ2v) is 7.01. The number of carbonyl (C=O) groups is 1. The van der Waals surface area contributed by atoms with Gasteiger partial charge in [-0.15, -0.1) is 0 Å². The third-order valence-corrected chi connectivity index (χ3v) is 5.06. The number of ether oxygens (including phenoxy) is 1. The van der Waals surface area contributed by atoms with Crippen molar-refractivity contribution in [3.63, 3.8) is 0 Å². The van der Waals surface area contributed by atoms with E-state index in [4.69, 9.17) is 4.74 Å². The number of hydrogen-bond donors (Lipinski definition) is 0. The standard InChI is InChI=1S/C19H19N3O3S/c1-11-8-13(3)21-17-16(11)18(23)22(26-17)19(24)20-10-12(2)14-6-5-7-15(9-14)25-4/h5-10,12H,1-4H3/b20-10+. The van der Waals surface area contributed by atoms with Crippen molar-refractivity contribution in [2.75, 3.05) is 7.11 Å². The summed E-state index contributed by atoms with van der Waals surface area (Å²) in [6, 6.07) is 8.79. The number of rotatable bonds is 3. The van der Waals surface area contributed by atoms with E-state index in [-0.39, 0.29) is 11.5 Å². The van der Waals surface area contributed by atoms with Crippen LogP contribution >= 0.6 is 11.5 Å². The Morgan fingerprint density at radius 2 is 2.12 bits per heavy atom. The molecule has 1 atom stereocenters. The predicted octanol–water partition coefficient (Wildman–Crippen LogP) is 3.93. The number of hydrogen-bond acceptors (Lipinski definition) is 5. The van der Waals surface area contributed by atoms with Gasteiger partial charge < -0.3 is 4.74 Å². The Bertz CT molecular complexity index is 1070. The minimum Gasteiger partial charge on any atom is -0.497 e. The van der Waals surface area contributed by atoms with Crippen molar-refractivity contribution in [3.8, 4) is 5.75 Å². The highest BCUT2D eigenvalue weighted by molar-refractivity contribution is 7.14. The van der Waals surface area contributed by atoms with E-state index in [0.717, 1.165) is 38.1 Å². The fourth-order valence-corrected chi connectivity index (χ4v) is 3.72. The molecule has 0 aliphatic heterocycles. The van der Waals surface area contributed by atoms with Crippen LogP contribution in [0, 0.1) is 13.8 Å². The fraction of sp³-hybridized carbons (Fsp3) is 0.263. The van der Waals surface area contributed by atoms with E-state index >= 15 is 0 Å². The van der Waals surface area contributed by atoms with Gasteiger partial charge >= 0.3 is 6.03 Å². The zero-order valence-corrected chi connectivity index (χ0v) is 15.8. The summed E-state index contributed by atoms with van der Waals surface area (Å²) >= 11 is 1.02. The molecule has 134 valence electrons. The monoisotopic (exact) mass is 369 g/mol. The Hall–Kier alpha value is -2.80. The number of aromatic nitrogens is 2. The van der Waals surface area contributed by atoms with Crippen LogP contribution in [0.4, 0.5) is 4.79 Å². The topological polar surface area (TPSA) is 73.5 Å². The molecule has 2 heterocycles. The zero-order chi connectivity index (χ0) is 18.8. The van der Waals surface area contributed by atoms with E-state index in [2.05, 4.69) is 9.98 Å². The molecule has 1 unspecified atom stereocenters. The molecular formula is C19H19N3O3S. The number of carbonyl (C=O) groups excluding carboxylic acids is 1. The minimum atomic E-state index is -0.607. The molecule has 0 N–H and O–H groups in total. The second-order valence-electron chi connectivity index (χ2n) is 6.08. The lowest BCUT2D eigenvalue weighted by molar-refractivity contribution is 0.252. The molecule has 0 radical (unpaired) electrons. The van der Waals surface area contributed by atoms with Crippen LogP contribution in [0.5, 0.6) is 5.75 Å². The Morgan fingerprint density at radius 1 is 1.35 bits per heavy atom. The fourth-order valence-electron chi connectivity index (χ4n) is 2.72. The summed E-state index contributed by atoms with van der Waals surface area (Å²) in [5.74, 6) is 0.646. The smallest absolute Gasteiger partial charge is 0.364 e. The number of aryl methyl sites for hydroxylation is 2. The molecule has 0 spiro atoms. The molecule has 0 saturated heterocycles. The number of nitrogens with zero attached hydrogens (tertiary/aromatic N) is 3. The first-order valence-electron chi connectivity index (χ1n) is 8.13. The largest absolute Gasteiger partial charge is 0.497 e. The number of pyridine rings is 1. The lowest BCUT2D eigenvalue weighted by Gasteiger charge is -2.07. The number of amides is 1. The van der Waals surface area contributed by atoms with Crippen molar-refractivity contribution in [3.05, 3.63) is 57.5 Å². The van der Waals surface area contributed by atoms with Crippen molar-refractivity contribution < 1.29 is 9.53 Å². The number of fused-ring (bicyclic) bond motifs is 1. The SMILES string of the molecule is COc1cccc(C(C)/C=N/C(=O)n2sc3nc(C)cc(C)c3c2=O)c1. The maximum atomic E-state index is 12.5. The lowest BCUT2D eigenvalue weighted by atomic mass is 10.0. The van der Waals surface area contributed by atoms with Gasteiger partial charge in [-0.05, 0) is 54.7 Å². The third-order valence-electron chi connectivity index (χ3n) is 4.09. The van der Waals surface area contributed by atoms with Crippen LogP contribution in [0.3, 0.4) is 0 Å². The van der Waals surface area contributed by atoms with Gasteiger partial charge in [-0.25, -0.2) is 14.8 Å². The molecule has 7 heteroatoms. The van der Waals surface area contributed by atoms with Crippen LogP contribution in [-0.4, -0.2) is 28.3 Å². The number of methoxy groups -OCH3 is 1. The average Bonchev–Trinajstić information content (AvgIpc) is 2.96. The van der Waals surface area contributed by atoms with Gasteiger partial charge in [0.15, 0.2) is 0 Å². The highest BCUT2D eigenvalue weighted by Gasteiger charge is 2.16. The third kappa shape index (κ3) is 3.43. The molecule has 0 aliphatic carbocycles. The first-order chi connectivity index (χ1) is 12.4. The molecule has 1 amide bonds. The minimum absolute atomic E-state index is 0.0961. The molecule has 0 aliphatic rings. The van der Waals surface area contributed by atoms with E-state index in [1.54, 1.807) is 13.3 Å². The Balaban J connectivity index is 1.89. The van der Waals surface area contributed by atoms with Crippen molar-refractivity contribution in [1.29, 1.82) is 0 Å². The molecule has 0 fully saturated rings. The molecule has 1 aromatic carbocycles. The van der Waals surface area contributed by atoms with Crippen molar-refractivity contribution >= 4 is 34.0 Å². The summed E-state index contributed by atoms with van der Waals surface area (Å²) in [5, 5.41) is 0.477. The Morgan fingerprint density at radius 3 is 2.85 bits per heavy atom. The quantitative estimate of drug-likeness (QED) is 0.656. The van der Waals surface area contributed by atoms with Gasteiger partial charge in [0, 0.05) is 17.8 Å². The van der Waals surface area contributed by atoms with Crippen LogP contribution in [0.1, 0.15) is 29.7 Å². The predicted molar refractivity (Wildman–Crippen MR) is 104 cm³/mol. The van der Waals surface area contributed by atoms with Crippen LogP contribution in [0.2, 0.25) is 0 Å². The van der Waals surface area contributed by atoms with E-state index in [1.165, 1.54) is 0 Å². The first-order valence-corrected chi connectivity index (χ1v) is 8.91. The van der Waals surface area contributed by atoms with Gasteiger partial charge in [0.25, 0.3) is 5.56 Å². The van der Waals surface area contributed by atoms with E-state index in [0.29, 0.717) is 10.2 Å². The normalized spacial score (nSPS) is 12.6. The summed E-state index contributed by atoms with van der Waals surface area (Å²) in [5.41, 5.74) is 2.23. The Kier molecular flexibility index (Phi) is 4.99. The van der Waals surface area contributed by atoms with Gasteiger partial charge in [0.05, 0.1) is 12.5 Å². The van der Waals surface area contributed by atoms with Crippen LogP contribution in [-0.2, 0) is 0 Å².